The highest BCUT2D eigenvalue weighted by Crippen LogP contribution is 2.24. The van der Waals surface area contributed by atoms with E-state index in [1.54, 1.807) is 10.9 Å². The number of aromatic nitrogens is 4. The van der Waals surface area contributed by atoms with E-state index < -0.39 is 0 Å². The molecule has 2 aromatic heterocycles. The van der Waals surface area contributed by atoms with Crippen LogP contribution < -0.4 is 11.0 Å². The van der Waals surface area contributed by atoms with Crippen LogP contribution in [0.25, 0.3) is 21.9 Å². The van der Waals surface area contributed by atoms with Crippen LogP contribution in [0.3, 0.4) is 0 Å². The summed E-state index contributed by atoms with van der Waals surface area (Å²) < 4.78 is 1.71. The molecule has 0 spiro atoms. The van der Waals surface area contributed by atoms with Crippen LogP contribution in [0.4, 0.5) is 5.82 Å². The molecule has 6 nitrogen and oxygen atoms in total. The molecule has 4 aromatic rings. The number of benzene rings is 2. The molecule has 0 unspecified atom stereocenters. The number of hydrogen-bond donors (Lipinski definition) is 2. The van der Waals surface area contributed by atoms with Crippen molar-refractivity contribution in [1.82, 2.24) is 19.5 Å². The molecule has 2 aromatic carbocycles. The van der Waals surface area contributed by atoms with Crippen LogP contribution in [0.5, 0.6) is 0 Å². The van der Waals surface area contributed by atoms with E-state index in [1.807, 2.05) is 37.3 Å². The summed E-state index contributed by atoms with van der Waals surface area (Å²) in [4.78, 5) is 23.7. The van der Waals surface area contributed by atoms with Crippen molar-refractivity contribution in [2.24, 2.45) is 0 Å². The van der Waals surface area contributed by atoms with Crippen LogP contribution in [-0.2, 0) is 13.0 Å². The number of H-pyrrole nitrogens is 1. The molecule has 0 saturated heterocycles. The smallest absolute Gasteiger partial charge is 0.326 e. The van der Waals surface area contributed by atoms with Gasteiger partial charge in [0.05, 0.1) is 16.6 Å². The van der Waals surface area contributed by atoms with Gasteiger partial charge in [-0.25, -0.2) is 14.8 Å². The van der Waals surface area contributed by atoms with Crippen molar-refractivity contribution in [3.63, 3.8) is 0 Å². The Kier molecular flexibility index (Phi) is 3.93. The third kappa shape index (κ3) is 2.87. The van der Waals surface area contributed by atoms with Crippen LogP contribution in [0.15, 0.2) is 53.6 Å². The summed E-state index contributed by atoms with van der Waals surface area (Å²) in [7, 11) is 0. The number of imidazole rings is 1. The Bertz CT molecular complexity index is 1080. The topological polar surface area (TPSA) is 75.6 Å². The van der Waals surface area contributed by atoms with Gasteiger partial charge in [-0.3, -0.25) is 4.57 Å². The number of hydrogen-bond acceptors (Lipinski definition) is 4. The number of aromatic amines is 1. The Hall–Kier alpha value is -3.15. The van der Waals surface area contributed by atoms with Crippen molar-refractivity contribution in [3.8, 4) is 0 Å². The van der Waals surface area contributed by atoms with Crippen LogP contribution in [-0.4, -0.2) is 26.1 Å². The lowest BCUT2D eigenvalue weighted by Crippen LogP contribution is -2.14. The monoisotopic (exact) mass is 333 g/mol. The maximum Gasteiger partial charge on any atom is 0.326 e. The molecule has 0 aliphatic carbocycles. The van der Waals surface area contributed by atoms with Gasteiger partial charge in [0.25, 0.3) is 0 Å². The lowest BCUT2D eigenvalue weighted by atomic mass is 10.1. The summed E-state index contributed by atoms with van der Waals surface area (Å²) in [5.41, 5.74) is 3.68. The van der Waals surface area contributed by atoms with Crippen molar-refractivity contribution in [2.75, 3.05) is 11.9 Å². The summed E-state index contributed by atoms with van der Waals surface area (Å²) in [6.07, 6.45) is 2.47. The zero-order valence-electron chi connectivity index (χ0n) is 14.0. The van der Waals surface area contributed by atoms with E-state index in [1.165, 1.54) is 5.56 Å². The van der Waals surface area contributed by atoms with Crippen molar-refractivity contribution in [3.05, 3.63) is 64.8 Å². The minimum Gasteiger partial charge on any atom is -0.369 e. The zero-order chi connectivity index (χ0) is 17.2. The number of nitrogens with one attached hydrogen (secondary N) is 2. The molecule has 0 saturated carbocycles. The van der Waals surface area contributed by atoms with E-state index in [0.29, 0.717) is 6.54 Å². The molecule has 0 atom stereocenters. The highest BCUT2D eigenvalue weighted by molar-refractivity contribution is 5.98. The van der Waals surface area contributed by atoms with Gasteiger partial charge in [-0.1, -0.05) is 30.3 Å². The summed E-state index contributed by atoms with van der Waals surface area (Å²) in [5, 5.41) is 4.30. The summed E-state index contributed by atoms with van der Waals surface area (Å²) in [5.74, 6) is 0.785. The van der Waals surface area contributed by atoms with Crippen LogP contribution in [0.2, 0.25) is 0 Å². The van der Waals surface area contributed by atoms with Crippen molar-refractivity contribution in [1.29, 1.82) is 0 Å². The van der Waals surface area contributed by atoms with Crippen LogP contribution >= 0.6 is 0 Å². The number of fused-ring (bicyclic) bond motifs is 2. The minimum atomic E-state index is -0.0978. The van der Waals surface area contributed by atoms with E-state index in [-0.39, 0.29) is 5.69 Å². The largest absolute Gasteiger partial charge is 0.369 e. The predicted octanol–water partition coefficient (Wildman–Crippen LogP) is 2.95. The lowest BCUT2D eigenvalue weighted by molar-refractivity contribution is 0.753. The molecule has 2 heterocycles. The number of aryl methyl sites for hydroxylation is 1. The highest BCUT2D eigenvalue weighted by atomic mass is 16.1. The molecule has 6 heteroatoms. The second kappa shape index (κ2) is 6.39. The highest BCUT2D eigenvalue weighted by Gasteiger charge is 2.10. The first kappa shape index (κ1) is 15.4. The number of rotatable bonds is 5. The zero-order valence-corrected chi connectivity index (χ0v) is 14.0. The van der Waals surface area contributed by atoms with Gasteiger partial charge in [-0.15, -0.1) is 0 Å². The number of anilines is 1. The average molecular weight is 333 g/mol. The van der Waals surface area contributed by atoms with E-state index in [2.05, 4.69) is 32.4 Å². The number of nitrogens with zero attached hydrogens (tertiary/aromatic N) is 3. The molecule has 4 rings (SSSR count). The van der Waals surface area contributed by atoms with Crippen molar-refractivity contribution in [2.45, 2.75) is 19.9 Å². The van der Waals surface area contributed by atoms with Gasteiger partial charge >= 0.3 is 5.69 Å². The van der Waals surface area contributed by atoms with E-state index in [4.69, 9.17) is 0 Å². The Morgan fingerprint density at radius 3 is 2.80 bits per heavy atom. The second-order valence-corrected chi connectivity index (χ2v) is 5.95. The molecule has 0 bridgehead atoms. The maximum atomic E-state index is 12.0. The minimum absolute atomic E-state index is 0.0978. The summed E-state index contributed by atoms with van der Waals surface area (Å²) in [6.45, 7) is 3.35. The van der Waals surface area contributed by atoms with Crippen LogP contribution in [0, 0.1) is 0 Å². The van der Waals surface area contributed by atoms with Gasteiger partial charge in [0.1, 0.15) is 12.1 Å². The van der Waals surface area contributed by atoms with E-state index >= 15 is 0 Å². The molecule has 126 valence electrons. The summed E-state index contributed by atoms with van der Waals surface area (Å²) in [6, 6.07) is 14.2. The SMILES string of the molecule is CCn1c(=O)[nH]c2cc3c(NCCc4ccccc4)ncnc3cc21. The Morgan fingerprint density at radius 1 is 1.16 bits per heavy atom. The fourth-order valence-corrected chi connectivity index (χ4v) is 3.13. The Labute approximate surface area is 144 Å². The Morgan fingerprint density at radius 2 is 2.00 bits per heavy atom. The molecule has 0 aliphatic heterocycles. The van der Waals surface area contributed by atoms with E-state index in [9.17, 15) is 4.79 Å². The Balaban J connectivity index is 1.67. The standard InChI is InChI=1S/C19H19N5O/c1-2-24-17-11-15-14(10-16(17)23-19(24)25)18(22-12-21-15)20-9-8-13-6-4-3-5-7-13/h3-7,10-12H,2,8-9H2,1H3,(H,23,25)(H,20,21,22). The molecule has 0 radical (unpaired) electrons. The fraction of sp³-hybridized carbons (Fsp3) is 0.211. The second-order valence-electron chi connectivity index (χ2n) is 5.95. The van der Waals surface area contributed by atoms with Crippen LogP contribution in [0.1, 0.15) is 12.5 Å². The van der Waals surface area contributed by atoms with Crippen molar-refractivity contribution >= 4 is 27.8 Å². The molecular weight excluding hydrogens is 314 g/mol. The third-order valence-corrected chi connectivity index (χ3v) is 4.40. The van der Waals surface area contributed by atoms with E-state index in [0.717, 1.165) is 40.7 Å². The molecule has 25 heavy (non-hydrogen) atoms. The third-order valence-electron chi connectivity index (χ3n) is 4.40. The lowest BCUT2D eigenvalue weighted by Gasteiger charge is -2.09. The first-order valence-electron chi connectivity index (χ1n) is 8.41. The van der Waals surface area contributed by atoms with Gasteiger partial charge in [0, 0.05) is 18.5 Å². The van der Waals surface area contributed by atoms with Gasteiger partial charge in [-0.2, -0.15) is 0 Å². The average Bonchev–Trinajstić information content (AvgIpc) is 2.95. The molecule has 2 N–H and O–H groups in total. The van der Waals surface area contributed by atoms with Gasteiger partial charge in [0.2, 0.25) is 0 Å². The van der Waals surface area contributed by atoms with Gasteiger partial charge in [-0.05, 0) is 31.0 Å². The molecule has 0 amide bonds. The summed E-state index contributed by atoms with van der Waals surface area (Å²) >= 11 is 0. The molecular formula is C19H19N5O. The first-order chi connectivity index (χ1) is 12.3. The quantitative estimate of drug-likeness (QED) is 0.589. The molecule has 0 fully saturated rings. The van der Waals surface area contributed by atoms with Crippen molar-refractivity contribution < 1.29 is 0 Å². The van der Waals surface area contributed by atoms with Gasteiger partial charge < -0.3 is 10.3 Å². The predicted molar refractivity (Wildman–Crippen MR) is 100.0 cm³/mol. The van der Waals surface area contributed by atoms with Gasteiger partial charge in [0.15, 0.2) is 0 Å². The normalized spacial score (nSPS) is 11.2. The fourth-order valence-electron chi connectivity index (χ4n) is 3.13. The molecule has 0 aliphatic rings. The maximum absolute atomic E-state index is 12.0. The first-order valence-corrected chi connectivity index (χ1v) is 8.41.